The van der Waals surface area contributed by atoms with Crippen molar-refractivity contribution in [1.82, 2.24) is 5.32 Å². The SMILES string of the molecule is COc1cccc2c1C(C)CNC2C(=O)O. The van der Waals surface area contributed by atoms with Crippen LogP contribution in [0, 0.1) is 0 Å². The van der Waals surface area contributed by atoms with E-state index in [-0.39, 0.29) is 5.92 Å². The summed E-state index contributed by atoms with van der Waals surface area (Å²) in [6.07, 6.45) is 0. The summed E-state index contributed by atoms with van der Waals surface area (Å²) in [7, 11) is 1.61. The third-order valence-electron chi connectivity index (χ3n) is 3.00. The Balaban J connectivity index is 2.55. The molecule has 2 atom stereocenters. The minimum Gasteiger partial charge on any atom is -0.496 e. The molecule has 0 bridgehead atoms. The Kier molecular flexibility index (Phi) is 2.83. The molecule has 0 aliphatic carbocycles. The van der Waals surface area contributed by atoms with Crippen LogP contribution in [-0.2, 0) is 4.79 Å². The van der Waals surface area contributed by atoms with Gasteiger partial charge in [0.2, 0.25) is 0 Å². The van der Waals surface area contributed by atoms with Gasteiger partial charge >= 0.3 is 5.97 Å². The molecule has 0 amide bonds. The van der Waals surface area contributed by atoms with E-state index in [2.05, 4.69) is 12.2 Å². The highest BCUT2D eigenvalue weighted by atomic mass is 16.5. The lowest BCUT2D eigenvalue weighted by molar-refractivity contribution is -0.139. The van der Waals surface area contributed by atoms with Crippen LogP contribution in [0.3, 0.4) is 0 Å². The molecule has 0 aromatic heterocycles. The molecule has 86 valence electrons. The number of nitrogens with one attached hydrogen (secondary N) is 1. The van der Waals surface area contributed by atoms with Crippen molar-refractivity contribution >= 4 is 5.97 Å². The Hall–Kier alpha value is -1.55. The standard InChI is InChI=1S/C12H15NO3/c1-7-6-13-11(12(14)15)8-4-3-5-9(16-2)10(7)8/h3-5,7,11,13H,6H2,1-2H3,(H,14,15). The molecule has 1 heterocycles. The Bertz CT molecular complexity index is 417. The lowest BCUT2D eigenvalue weighted by atomic mass is 9.87. The zero-order chi connectivity index (χ0) is 11.7. The van der Waals surface area contributed by atoms with Crippen molar-refractivity contribution in [3.8, 4) is 5.75 Å². The van der Waals surface area contributed by atoms with Gasteiger partial charge in [-0.3, -0.25) is 4.79 Å². The van der Waals surface area contributed by atoms with Crippen LogP contribution in [0.2, 0.25) is 0 Å². The topological polar surface area (TPSA) is 58.6 Å². The largest absolute Gasteiger partial charge is 0.496 e. The van der Waals surface area contributed by atoms with Crippen molar-refractivity contribution in [2.75, 3.05) is 13.7 Å². The Morgan fingerprint density at radius 1 is 1.56 bits per heavy atom. The van der Waals surface area contributed by atoms with Crippen LogP contribution in [0.4, 0.5) is 0 Å². The van der Waals surface area contributed by atoms with E-state index >= 15 is 0 Å². The predicted octanol–water partition coefficient (Wildman–Crippen LogP) is 1.53. The van der Waals surface area contributed by atoms with Gasteiger partial charge in [-0.15, -0.1) is 0 Å². The van der Waals surface area contributed by atoms with Crippen LogP contribution < -0.4 is 10.1 Å². The summed E-state index contributed by atoms with van der Waals surface area (Å²) < 4.78 is 5.29. The van der Waals surface area contributed by atoms with Crippen molar-refractivity contribution < 1.29 is 14.6 Å². The number of fused-ring (bicyclic) bond motifs is 1. The quantitative estimate of drug-likeness (QED) is 0.795. The summed E-state index contributed by atoms with van der Waals surface area (Å²) in [5.74, 6) is 0.195. The summed E-state index contributed by atoms with van der Waals surface area (Å²) in [4.78, 5) is 11.1. The highest BCUT2D eigenvalue weighted by Crippen LogP contribution is 2.36. The Morgan fingerprint density at radius 3 is 2.94 bits per heavy atom. The van der Waals surface area contributed by atoms with E-state index in [1.54, 1.807) is 7.11 Å². The molecule has 1 aliphatic rings. The predicted molar refractivity (Wildman–Crippen MR) is 59.8 cm³/mol. The minimum absolute atomic E-state index is 0.266. The average Bonchev–Trinajstić information content (AvgIpc) is 2.28. The van der Waals surface area contributed by atoms with Gasteiger partial charge in [-0.25, -0.2) is 0 Å². The van der Waals surface area contributed by atoms with E-state index in [1.807, 2.05) is 18.2 Å². The number of carboxylic acid groups (broad SMARTS) is 1. The van der Waals surface area contributed by atoms with Crippen molar-refractivity contribution in [3.05, 3.63) is 29.3 Å². The zero-order valence-corrected chi connectivity index (χ0v) is 9.36. The third-order valence-corrected chi connectivity index (χ3v) is 3.00. The first-order valence-electron chi connectivity index (χ1n) is 5.28. The van der Waals surface area contributed by atoms with Crippen LogP contribution in [0.1, 0.15) is 30.0 Å². The van der Waals surface area contributed by atoms with Gasteiger partial charge < -0.3 is 15.2 Å². The molecule has 2 rings (SSSR count). The summed E-state index contributed by atoms with van der Waals surface area (Å²) in [6.45, 7) is 2.72. The number of rotatable bonds is 2. The number of carbonyl (C=O) groups is 1. The first kappa shape index (κ1) is 11.0. The summed E-state index contributed by atoms with van der Waals surface area (Å²) in [6, 6.07) is 4.92. The number of benzene rings is 1. The fourth-order valence-electron chi connectivity index (χ4n) is 2.25. The van der Waals surface area contributed by atoms with Crippen molar-refractivity contribution in [3.63, 3.8) is 0 Å². The highest BCUT2D eigenvalue weighted by Gasteiger charge is 2.31. The first-order chi connectivity index (χ1) is 7.65. The second kappa shape index (κ2) is 4.14. The molecule has 1 aromatic carbocycles. The van der Waals surface area contributed by atoms with Crippen LogP contribution in [0.15, 0.2) is 18.2 Å². The number of carboxylic acids is 1. The van der Waals surface area contributed by atoms with Gasteiger partial charge in [0.1, 0.15) is 11.8 Å². The van der Waals surface area contributed by atoms with E-state index in [1.165, 1.54) is 0 Å². The van der Waals surface area contributed by atoms with Crippen molar-refractivity contribution in [1.29, 1.82) is 0 Å². The van der Waals surface area contributed by atoms with Gasteiger partial charge in [-0.2, -0.15) is 0 Å². The smallest absolute Gasteiger partial charge is 0.325 e. The van der Waals surface area contributed by atoms with Gasteiger partial charge in [0, 0.05) is 12.1 Å². The molecular formula is C12H15NO3. The molecule has 2 unspecified atom stereocenters. The fraction of sp³-hybridized carbons (Fsp3) is 0.417. The molecule has 4 heteroatoms. The Morgan fingerprint density at radius 2 is 2.31 bits per heavy atom. The van der Waals surface area contributed by atoms with Gasteiger partial charge in [0.25, 0.3) is 0 Å². The maximum absolute atomic E-state index is 11.1. The monoisotopic (exact) mass is 221 g/mol. The van der Waals surface area contributed by atoms with Crippen molar-refractivity contribution in [2.24, 2.45) is 0 Å². The first-order valence-corrected chi connectivity index (χ1v) is 5.28. The number of aliphatic carboxylic acids is 1. The van der Waals surface area contributed by atoms with Gasteiger partial charge in [-0.05, 0) is 17.5 Å². The average molecular weight is 221 g/mol. The van der Waals surface area contributed by atoms with Crippen LogP contribution in [0.25, 0.3) is 0 Å². The lowest BCUT2D eigenvalue weighted by Gasteiger charge is -2.29. The maximum Gasteiger partial charge on any atom is 0.325 e. The minimum atomic E-state index is -0.846. The fourth-order valence-corrected chi connectivity index (χ4v) is 2.25. The highest BCUT2D eigenvalue weighted by molar-refractivity contribution is 5.77. The van der Waals surface area contributed by atoms with E-state index in [0.29, 0.717) is 6.54 Å². The molecule has 0 fully saturated rings. The molecule has 0 radical (unpaired) electrons. The van der Waals surface area contributed by atoms with Gasteiger partial charge in [-0.1, -0.05) is 19.1 Å². The van der Waals surface area contributed by atoms with Gasteiger partial charge in [0.15, 0.2) is 0 Å². The van der Waals surface area contributed by atoms with Crippen LogP contribution in [-0.4, -0.2) is 24.7 Å². The normalized spacial score (nSPS) is 23.6. The summed E-state index contributed by atoms with van der Waals surface area (Å²) >= 11 is 0. The molecule has 2 N–H and O–H groups in total. The van der Waals surface area contributed by atoms with E-state index in [0.717, 1.165) is 16.9 Å². The molecule has 16 heavy (non-hydrogen) atoms. The number of hydrogen-bond donors (Lipinski definition) is 2. The molecule has 0 saturated carbocycles. The van der Waals surface area contributed by atoms with Crippen LogP contribution in [0.5, 0.6) is 5.75 Å². The van der Waals surface area contributed by atoms with E-state index < -0.39 is 12.0 Å². The van der Waals surface area contributed by atoms with Crippen molar-refractivity contribution in [2.45, 2.75) is 18.9 Å². The maximum atomic E-state index is 11.1. The van der Waals surface area contributed by atoms with Gasteiger partial charge in [0.05, 0.1) is 7.11 Å². The second-order valence-corrected chi connectivity index (χ2v) is 4.04. The number of ether oxygens (including phenoxy) is 1. The molecular weight excluding hydrogens is 206 g/mol. The number of methoxy groups -OCH3 is 1. The zero-order valence-electron chi connectivity index (χ0n) is 9.36. The van der Waals surface area contributed by atoms with E-state index in [9.17, 15) is 4.79 Å². The Labute approximate surface area is 94.2 Å². The van der Waals surface area contributed by atoms with E-state index in [4.69, 9.17) is 9.84 Å². The lowest BCUT2D eigenvalue weighted by Crippen LogP contribution is -2.36. The summed E-state index contributed by atoms with van der Waals surface area (Å²) in [5, 5.41) is 12.2. The molecule has 1 aromatic rings. The summed E-state index contributed by atoms with van der Waals surface area (Å²) in [5.41, 5.74) is 1.82. The van der Waals surface area contributed by atoms with Crippen LogP contribution >= 0.6 is 0 Å². The molecule has 0 saturated heterocycles. The molecule has 1 aliphatic heterocycles. The molecule has 4 nitrogen and oxygen atoms in total. The second-order valence-electron chi connectivity index (χ2n) is 4.04. The third kappa shape index (κ3) is 1.65. The molecule has 0 spiro atoms. The number of hydrogen-bond acceptors (Lipinski definition) is 3.